The van der Waals surface area contributed by atoms with Gasteiger partial charge < -0.3 is 4.74 Å². The van der Waals surface area contributed by atoms with E-state index in [4.69, 9.17) is 16.3 Å². The molecule has 0 saturated heterocycles. The van der Waals surface area contributed by atoms with Crippen molar-refractivity contribution in [2.75, 3.05) is 7.11 Å². The van der Waals surface area contributed by atoms with Crippen molar-refractivity contribution >= 4 is 34.2 Å². The van der Waals surface area contributed by atoms with E-state index in [1.165, 1.54) is 7.11 Å². The number of halogens is 3. The molecule has 0 aliphatic carbocycles. The number of hydrogen-bond donors (Lipinski definition) is 0. The average molecular weight is 300 g/mol. The lowest BCUT2D eigenvalue weighted by Gasteiger charge is -2.07. The van der Waals surface area contributed by atoms with Gasteiger partial charge >= 0.3 is 0 Å². The second-order valence-electron chi connectivity index (χ2n) is 2.34. The third-order valence-corrected chi connectivity index (χ3v) is 2.76. The summed E-state index contributed by atoms with van der Waals surface area (Å²) in [5.41, 5.74) is 0.819. The molecule has 0 unspecified atom stereocenters. The fourth-order valence-electron chi connectivity index (χ4n) is 0.880. The predicted octanol–water partition coefficient (Wildman–Crippen LogP) is 3.40. The highest BCUT2D eigenvalue weighted by molar-refractivity contribution is 14.1. The first-order chi connectivity index (χ1) is 5.57. The van der Waals surface area contributed by atoms with Crippen LogP contribution in [-0.4, -0.2) is 7.11 Å². The van der Waals surface area contributed by atoms with Gasteiger partial charge in [0.15, 0.2) is 11.6 Å². The Bertz CT molecular complexity index is 288. The summed E-state index contributed by atoms with van der Waals surface area (Å²) in [6.45, 7) is 1.81. The molecule has 1 rings (SSSR count). The Hall–Kier alpha value is -0.0300. The van der Waals surface area contributed by atoms with Crippen LogP contribution in [0.3, 0.4) is 0 Å². The summed E-state index contributed by atoms with van der Waals surface area (Å²) < 4.78 is 18.6. The third-order valence-electron chi connectivity index (χ3n) is 1.50. The zero-order valence-corrected chi connectivity index (χ0v) is 9.53. The van der Waals surface area contributed by atoms with E-state index >= 15 is 0 Å². The molecule has 0 aromatic heterocycles. The van der Waals surface area contributed by atoms with Gasteiger partial charge in [-0.15, -0.1) is 0 Å². The molecular weight excluding hydrogens is 293 g/mol. The van der Waals surface area contributed by atoms with Crippen molar-refractivity contribution in [3.05, 3.63) is 26.0 Å². The molecule has 0 bridgehead atoms. The molecule has 0 radical (unpaired) electrons. The van der Waals surface area contributed by atoms with Gasteiger partial charge in [0.1, 0.15) is 0 Å². The van der Waals surface area contributed by atoms with Gasteiger partial charge in [-0.05, 0) is 41.1 Å². The average Bonchev–Trinajstić information content (AvgIpc) is 2.02. The van der Waals surface area contributed by atoms with Crippen molar-refractivity contribution < 1.29 is 9.13 Å². The number of ether oxygens (including phenoxy) is 1. The molecular formula is C8H7ClFIO. The van der Waals surface area contributed by atoms with Gasteiger partial charge in [0.25, 0.3) is 0 Å². The molecule has 1 aromatic rings. The van der Waals surface area contributed by atoms with E-state index in [0.29, 0.717) is 8.59 Å². The topological polar surface area (TPSA) is 9.23 Å². The number of aryl methyl sites for hydroxylation is 1. The summed E-state index contributed by atoms with van der Waals surface area (Å²) in [5.74, 6) is -0.269. The van der Waals surface area contributed by atoms with Crippen LogP contribution in [0.5, 0.6) is 5.75 Å². The van der Waals surface area contributed by atoms with Crippen molar-refractivity contribution in [1.82, 2.24) is 0 Å². The maximum atomic E-state index is 13.2. The molecule has 0 atom stereocenters. The largest absolute Gasteiger partial charge is 0.492 e. The Balaban J connectivity index is 3.42. The van der Waals surface area contributed by atoms with Gasteiger partial charge in [0, 0.05) is 0 Å². The minimum absolute atomic E-state index is 0.126. The summed E-state index contributed by atoms with van der Waals surface area (Å²) in [6.07, 6.45) is 0. The van der Waals surface area contributed by atoms with Crippen LogP contribution in [0.4, 0.5) is 4.39 Å². The van der Waals surface area contributed by atoms with E-state index in [0.717, 1.165) is 5.56 Å². The van der Waals surface area contributed by atoms with Gasteiger partial charge in [-0.25, -0.2) is 4.39 Å². The molecule has 0 saturated carbocycles. The molecule has 1 nitrogen and oxygen atoms in total. The van der Waals surface area contributed by atoms with Gasteiger partial charge in [0.05, 0.1) is 15.7 Å². The van der Waals surface area contributed by atoms with E-state index in [9.17, 15) is 4.39 Å². The molecule has 0 fully saturated rings. The van der Waals surface area contributed by atoms with Gasteiger partial charge in [-0.2, -0.15) is 0 Å². The third kappa shape index (κ3) is 1.66. The highest BCUT2D eigenvalue weighted by Crippen LogP contribution is 2.33. The maximum Gasteiger partial charge on any atom is 0.179 e. The smallest absolute Gasteiger partial charge is 0.179 e. The SMILES string of the molecule is COc1c(F)c(I)cc(C)c1Cl. The van der Waals surface area contributed by atoms with Crippen molar-refractivity contribution in [3.8, 4) is 5.75 Å². The minimum Gasteiger partial charge on any atom is -0.492 e. The second-order valence-corrected chi connectivity index (χ2v) is 3.88. The summed E-state index contributed by atoms with van der Waals surface area (Å²) >= 11 is 7.70. The maximum absolute atomic E-state index is 13.2. The molecule has 4 heteroatoms. The van der Waals surface area contributed by atoms with Crippen LogP contribution in [-0.2, 0) is 0 Å². The Morgan fingerprint density at radius 2 is 2.17 bits per heavy atom. The molecule has 12 heavy (non-hydrogen) atoms. The zero-order valence-electron chi connectivity index (χ0n) is 6.62. The lowest BCUT2D eigenvalue weighted by molar-refractivity contribution is 0.385. The van der Waals surface area contributed by atoms with Gasteiger partial charge in [-0.3, -0.25) is 0 Å². The molecule has 0 aliphatic heterocycles. The first kappa shape index (κ1) is 10.1. The number of rotatable bonds is 1. The molecule has 0 N–H and O–H groups in total. The van der Waals surface area contributed by atoms with Crippen LogP contribution >= 0.6 is 34.2 Å². The van der Waals surface area contributed by atoms with Crippen LogP contribution in [0.15, 0.2) is 6.07 Å². The number of hydrogen-bond acceptors (Lipinski definition) is 1. The highest BCUT2D eigenvalue weighted by atomic mass is 127. The van der Waals surface area contributed by atoms with Crippen molar-refractivity contribution in [1.29, 1.82) is 0 Å². The van der Waals surface area contributed by atoms with E-state index in [-0.39, 0.29) is 5.75 Å². The Labute approximate surface area is 89.0 Å². The van der Waals surface area contributed by atoms with Crippen molar-refractivity contribution in [3.63, 3.8) is 0 Å². The van der Waals surface area contributed by atoms with Crippen LogP contribution in [0.2, 0.25) is 5.02 Å². The first-order valence-corrected chi connectivity index (χ1v) is 4.71. The first-order valence-electron chi connectivity index (χ1n) is 3.26. The molecule has 0 spiro atoms. The van der Waals surface area contributed by atoms with Crippen molar-refractivity contribution in [2.45, 2.75) is 6.92 Å². The van der Waals surface area contributed by atoms with Crippen LogP contribution < -0.4 is 4.74 Å². The lowest BCUT2D eigenvalue weighted by Crippen LogP contribution is -1.94. The van der Waals surface area contributed by atoms with Gasteiger partial charge in [-0.1, -0.05) is 11.6 Å². The van der Waals surface area contributed by atoms with Crippen LogP contribution in [0.1, 0.15) is 5.56 Å². The standard InChI is InChI=1S/C8H7ClFIO/c1-4-3-5(11)7(10)8(12-2)6(4)9/h3H,1-2H3. The molecule has 0 heterocycles. The summed E-state index contributed by atoms with van der Waals surface area (Å²) in [7, 11) is 1.40. The predicted molar refractivity (Wildman–Crippen MR) is 55.4 cm³/mol. The van der Waals surface area contributed by atoms with E-state index in [1.54, 1.807) is 6.07 Å². The normalized spacial score (nSPS) is 10.1. The molecule has 66 valence electrons. The van der Waals surface area contributed by atoms with Crippen molar-refractivity contribution in [2.24, 2.45) is 0 Å². The summed E-state index contributed by atoms with van der Waals surface area (Å²) in [6, 6.07) is 1.68. The van der Waals surface area contributed by atoms with E-state index in [2.05, 4.69) is 0 Å². The van der Waals surface area contributed by atoms with Crippen LogP contribution in [0, 0.1) is 16.3 Å². The minimum atomic E-state index is -0.395. The summed E-state index contributed by atoms with van der Waals surface area (Å²) in [4.78, 5) is 0. The van der Waals surface area contributed by atoms with E-state index < -0.39 is 5.82 Å². The summed E-state index contributed by atoms with van der Waals surface area (Å²) in [5, 5.41) is 0.343. The zero-order chi connectivity index (χ0) is 9.30. The fraction of sp³-hybridized carbons (Fsp3) is 0.250. The van der Waals surface area contributed by atoms with E-state index in [1.807, 2.05) is 29.5 Å². The molecule has 1 aromatic carbocycles. The Morgan fingerprint density at radius 1 is 1.58 bits per heavy atom. The number of methoxy groups -OCH3 is 1. The van der Waals surface area contributed by atoms with Crippen LogP contribution in [0.25, 0.3) is 0 Å². The quantitative estimate of drug-likeness (QED) is 0.570. The highest BCUT2D eigenvalue weighted by Gasteiger charge is 2.13. The molecule has 0 amide bonds. The fourth-order valence-corrected chi connectivity index (χ4v) is 1.81. The monoisotopic (exact) mass is 300 g/mol. The Morgan fingerprint density at radius 3 is 2.67 bits per heavy atom. The lowest BCUT2D eigenvalue weighted by atomic mass is 10.2. The molecule has 0 aliphatic rings. The Kier molecular flexibility index (Phi) is 3.17. The second kappa shape index (κ2) is 3.79. The van der Waals surface area contributed by atoms with Gasteiger partial charge in [0.2, 0.25) is 0 Å². The number of benzene rings is 1.